The molecule has 5 nitrogen and oxygen atoms in total. The highest BCUT2D eigenvalue weighted by molar-refractivity contribution is 6.05. The van der Waals surface area contributed by atoms with E-state index in [0.717, 1.165) is 36.3 Å². The van der Waals surface area contributed by atoms with Crippen molar-refractivity contribution in [2.75, 3.05) is 18.9 Å². The van der Waals surface area contributed by atoms with Crippen LogP contribution in [0, 0.1) is 6.92 Å². The van der Waals surface area contributed by atoms with E-state index in [0.29, 0.717) is 11.4 Å². The summed E-state index contributed by atoms with van der Waals surface area (Å²) in [5.41, 5.74) is 3.88. The van der Waals surface area contributed by atoms with Crippen LogP contribution in [0.25, 0.3) is 0 Å². The van der Waals surface area contributed by atoms with E-state index in [1.54, 1.807) is 0 Å². The molecule has 5 heteroatoms. The number of anilines is 1. The summed E-state index contributed by atoms with van der Waals surface area (Å²) in [7, 11) is 2.08. The van der Waals surface area contributed by atoms with E-state index >= 15 is 0 Å². The van der Waals surface area contributed by atoms with Gasteiger partial charge in [-0.05, 0) is 32.0 Å². The van der Waals surface area contributed by atoms with Crippen LogP contribution in [0.4, 0.5) is 5.82 Å². The molecule has 1 aromatic heterocycles. The van der Waals surface area contributed by atoms with Gasteiger partial charge in [0.05, 0.1) is 5.69 Å². The molecule has 1 aliphatic heterocycles. The molecule has 1 amide bonds. The molecule has 2 N–H and O–H groups in total. The molecule has 3 rings (SSSR count). The number of benzene rings is 1. The minimum absolute atomic E-state index is 0.101. The summed E-state index contributed by atoms with van der Waals surface area (Å²) in [5, 5.41) is 10.2. The monoisotopic (exact) mass is 270 g/mol. The zero-order chi connectivity index (χ0) is 14.1. The number of nitrogens with zero attached hydrogens (tertiary/aromatic N) is 2. The number of H-pyrrole nitrogens is 1. The van der Waals surface area contributed by atoms with E-state index in [4.69, 9.17) is 0 Å². The predicted molar refractivity (Wildman–Crippen MR) is 77.8 cm³/mol. The molecule has 0 saturated heterocycles. The highest BCUT2D eigenvalue weighted by Gasteiger charge is 2.21. The first-order valence-electron chi connectivity index (χ1n) is 6.77. The molecule has 104 valence electrons. The van der Waals surface area contributed by atoms with Gasteiger partial charge >= 0.3 is 0 Å². The van der Waals surface area contributed by atoms with Crippen molar-refractivity contribution in [3.8, 4) is 0 Å². The Morgan fingerprint density at radius 3 is 3.00 bits per heavy atom. The Morgan fingerprint density at radius 1 is 1.40 bits per heavy atom. The zero-order valence-electron chi connectivity index (χ0n) is 11.7. The van der Waals surface area contributed by atoms with Gasteiger partial charge < -0.3 is 10.2 Å². The van der Waals surface area contributed by atoms with Crippen LogP contribution in [0.5, 0.6) is 0 Å². The molecule has 0 bridgehead atoms. The van der Waals surface area contributed by atoms with E-state index in [9.17, 15) is 4.79 Å². The SMILES string of the molecule is Cc1ccccc1C(=O)Nc1n[nH]c2c1CCN(C)C2. The molecule has 2 aromatic rings. The van der Waals surface area contributed by atoms with Crippen molar-refractivity contribution in [2.45, 2.75) is 19.9 Å². The number of amides is 1. The Kier molecular flexibility index (Phi) is 3.28. The topological polar surface area (TPSA) is 61.0 Å². The van der Waals surface area contributed by atoms with Gasteiger partial charge in [-0.1, -0.05) is 18.2 Å². The van der Waals surface area contributed by atoms with Gasteiger partial charge in [-0.25, -0.2) is 0 Å². The number of hydrogen-bond donors (Lipinski definition) is 2. The maximum absolute atomic E-state index is 12.3. The summed E-state index contributed by atoms with van der Waals surface area (Å²) in [5.74, 6) is 0.567. The molecule has 0 fully saturated rings. The van der Waals surface area contributed by atoms with Crippen molar-refractivity contribution in [3.05, 3.63) is 46.6 Å². The van der Waals surface area contributed by atoms with Gasteiger partial charge in [-0.2, -0.15) is 5.10 Å². The smallest absolute Gasteiger partial charge is 0.257 e. The van der Waals surface area contributed by atoms with Crippen LogP contribution in [0.3, 0.4) is 0 Å². The average molecular weight is 270 g/mol. The number of rotatable bonds is 2. The van der Waals surface area contributed by atoms with Gasteiger partial charge in [0, 0.05) is 24.2 Å². The summed E-state index contributed by atoms with van der Waals surface area (Å²) in [6.45, 7) is 3.77. The number of carbonyl (C=O) groups excluding carboxylic acids is 1. The second-order valence-electron chi connectivity index (χ2n) is 5.29. The Bertz CT molecular complexity index is 647. The second kappa shape index (κ2) is 5.09. The lowest BCUT2D eigenvalue weighted by atomic mass is 10.1. The van der Waals surface area contributed by atoms with Crippen molar-refractivity contribution < 1.29 is 4.79 Å². The first-order valence-corrected chi connectivity index (χ1v) is 6.77. The highest BCUT2D eigenvalue weighted by atomic mass is 16.1. The van der Waals surface area contributed by atoms with Crippen LogP contribution in [0.1, 0.15) is 27.2 Å². The summed E-state index contributed by atoms with van der Waals surface area (Å²) < 4.78 is 0. The summed E-state index contributed by atoms with van der Waals surface area (Å²) >= 11 is 0. The zero-order valence-corrected chi connectivity index (χ0v) is 11.7. The molecule has 0 unspecified atom stereocenters. The van der Waals surface area contributed by atoms with E-state index in [2.05, 4.69) is 27.5 Å². The average Bonchev–Trinajstić information content (AvgIpc) is 2.81. The van der Waals surface area contributed by atoms with Gasteiger partial charge in [-0.3, -0.25) is 9.89 Å². The van der Waals surface area contributed by atoms with Gasteiger partial charge in [0.25, 0.3) is 5.91 Å². The van der Waals surface area contributed by atoms with Crippen molar-refractivity contribution in [3.63, 3.8) is 0 Å². The number of nitrogens with one attached hydrogen (secondary N) is 2. The van der Waals surface area contributed by atoms with E-state index in [-0.39, 0.29) is 5.91 Å². The first kappa shape index (κ1) is 12.9. The van der Waals surface area contributed by atoms with Crippen LogP contribution in [0.2, 0.25) is 0 Å². The third-order valence-electron chi connectivity index (χ3n) is 3.75. The Hall–Kier alpha value is -2.14. The summed E-state index contributed by atoms with van der Waals surface area (Å²) in [6, 6.07) is 7.57. The molecule has 20 heavy (non-hydrogen) atoms. The first-order chi connectivity index (χ1) is 9.65. The number of aromatic nitrogens is 2. The normalized spacial score (nSPS) is 14.9. The quantitative estimate of drug-likeness (QED) is 0.877. The number of fused-ring (bicyclic) bond motifs is 1. The maximum Gasteiger partial charge on any atom is 0.257 e. The fourth-order valence-electron chi connectivity index (χ4n) is 2.56. The molecule has 0 spiro atoms. The minimum atomic E-state index is -0.101. The fraction of sp³-hybridized carbons (Fsp3) is 0.333. The molecule has 0 aliphatic carbocycles. The summed E-state index contributed by atoms with van der Waals surface area (Å²) in [4.78, 5) is 14.5. The Labute approximate surface area is 118 Å². The third kappa shape index (κ3) is 2.32. The number of aromatic amines is 1. The van der Waals surface area contributed by atoms with Crippen molar-refractivity contribution in [1.29, 1.82) is 0 Å². The van der Waals surface area contributed by atoms with Gasteiger partial charge in [0.15, 0.2) is 5.82 Å². The predicted octanol–water partition coefficient (Wildman–Crippen LogP) is 1.96. The van der Waals surface area contributed by atoms with Crippen LogP contribution >= 0.6 is 0 Å². The molecule has 1 aromatic carbocycles. The molecular formula is C15H18N4O. The molecule has 2 heterocycles. The third-order valence-corrected chi connectivity index (χ3v) is 3.75. The van der Waals surface area contributed by atoms with Crippen molar-refractivity contribution >= 4 is 11.7 Å². The summed E-state index contributed by atoms with van der Waals surface area (Å²) in [6.07, 6.45) is 0.908. The maximum atomic E-state index is 12.3. The fourth-order valence-corrected chi connectivity index (χ4v) is 2.56. The van der Waals surface area contributed by atoms with Gasteiger partial charge in [0.2, 0.25) is 0 Å². The van der Waals surface area contributed by atoms with E-state index in [1.807, 2.05) is 31.2 Å². The molecule has 0 radical (unpaired) electrons. The van der Waals surface area contributed by atoms with Crippen molar-refractivity contribution in [2.24, 2.45) is 0 Å². The van der Waals surface area contributed by atoms with E-state index < -0.39 is 0 Å². The van der Waals surface area contributed by atoms with Crippen molar-refractivity contribution in [1.82, 2.24) is 15.1 Å². The van der Waals surface area contributed by atoms with E-state index in [1.165, 1.54) is 0 Å². The number of hydrogen-bond acceptors (Lipinski definition) is 3. The van der Waals surface area contributed by atoms with Crippen LogP contribution in [-0.2, 0) is 13.0 Å². The number of aryl methyl sites for hydroxylation is 1. The minimum Gasteiger partial charge on any atom is -0.305 e. The Balaban J connectivity index is 1.82. The second-order valence-corrected chi connectivity index (χ2v) is 5.29. The number of carbonyl (C=O) groups is 1. The largest absolute Gasteiger partial charge is 0.305 e. The highest BCUT2D eigenvalue weighted by Crippen LogP contribution is 2.23. The Morgan fingerprint density at radius 2 is 2.20 bits per heavy atom. The standard InChI is InChI=1S/C15H18N4O/c1-10-5-3-4-6-11(10)15(20)16-14-12-7-8-19(2)9-13(12)17-18-14/h3-6H,7-9H2,1-2H3,(H2,16,17,18,20). The number of likely N-dealkylation sites (N-methyl/N-ethyl adjacent to an activating group) is 1. The molecule has 0 saturated carbocycles. The lowest BCUT2D eigenvalue weighted by Gasteiger charge is -2.21. The van der Waals surface area contributed by atoms with Crippen LogP contribution in [0.15, 0.2) is 24.3 Å². The molecule has 0 atom stereocenters. The van der Waals surface area contributed by atoms with Crippen LogP contribution < -0.4 is 5.32 Å². The molecule has 1 aliphatic rings. The van der Waals surface area contributed by atoms with Gasteiger partial charge in [0.1, 0.15) is 0 Å². The van der Waals surface area contributed by atoms with Crippen LogP contribution in [-0.4, -0.2) is 34.6 Å². The lowest BCUT2D eigenvalue weighted by Crippen LogP contribution is -2.26. The van der Waals surface area contributed by atoms with Gasteiger partial charge in [-0.15, -0.1) is 0 Å². The lowest BCUT2D eigenvalue weighted by molar-refractivity contribution is 0.102. The molecular weight excluding hydrogens is 252 g/mol.